The molecule has 0 saturated carbocycles. The lowest BCUT2D eigenvalue weighted by Crippen LogP contribution is -1.91. The van der Waals surface area contributed by atoms with Crippen molar-refractivity contribution in [2.75, 3.05) is 0 Å². The molecule has 8 aromatic carbocycles. The van der Waals surface area contributed by atoms with Crippen LogP contribution >= 0.6 is 0 Å². The largest absolute Gasteiger partial charge is 0.456 e. The average Bonchev–Trinajstić information content (AvgIpc) is 3.56. The molecule has 1 heterocycles. The lowest BCUT2D eigenvalue weighted by molar-refractivity contribution is 0.669. The van der Waals surface area contributed by atoms with Gasteiger partial charge in [-0.25, -0.2) is 0 Å². The van der Waals surface area contributed by atoms with Gasteiger partial charge in [0.05, 0.1) is 8.22 Å². The highest BCUT2D eigenvalue weighted by molar-refractivity contribution is 6.22. The van der Waals surface area contributed by atoms with Crippen LogP contribution in [0.15, 0.2) is 156 Å². The summed E-state index contributed by atoms with van der Waals surface area (Å²) in [7, 11) is 0. The van der Waals surface area contributed by atoms with Crippen LogP contribution < -0.4 is 0 Å². The molecule has 0 radical (unpaired) electrons. The Bertz CT molecular complexity index is 2840. The fraction of sp³-hybridized carbons (Fsp3) is 0.0233. The molecule has 0 spiro atoms. The number of furan rings is 1. The highest BCUT2D eigenvalue weighted by Crippen LogP contribution is 2.45. The summed E-state index contributed by atoms with van der Waals surface area (Å²) in [5.74, 6) is 0. The first-order valence-corrected chi connectivity index (χ1v) is 14.7. The molecule has 0 atom stereocenters. The van der Waals surface area contributed by atoms with Crippen molar-refractivity contribution < 1.29 is 12.6 Å². The lowest BCUT2D eigenvalue weighted by atomic mass is 9.85. The fourth-order valence-corrected chi connectivity index (χ4v) is 6.75. The topological polar surface area (TPSA) is 13.1 Å². The van der Waals surface area contributed by atoms with E-state index >= 15 is 0 Å². The second-order valence-corrected chi connectivity index (χ2v) is 11.2. The first-order valence-electron chi connectivity index (χ1n) is 17.7. The molecular formula is C43H28O. The van der Waals surface area contributed by atoms with E-state index in [0.717, 1.165) is 43.8 Å². The molecule has 1 aromatic heterocycles. The highest BCUT2D eigenvalue weighted by Gasteiger charge is 2.18. The average molecular weight is 567 g/mol. The number of fused-ring (bicyclic) bond motifs is 6. The van der Waals surface area contributed by atoms with Gasteiger partial charge in [-0.3, -0.25) is 0 Å². The monoisotopic (exact) mass is 566 g/mol. The van der Waals surface area contributed by atoms with E-state index in [-0.39, 0.29) is 58.4 Å². The van der Waals surface area contributed by atoms with Crippen molar-refractivity contribution >= 4 is 54.3 Å². The van der Waals surface area contributed by atoms with Crippen molar-refractivity contribution in [2.24, 2.45) is 0 Å². The molecule has 0 saturated heterocycles. The molecule has 0 fully saturated rings. The molecule has 1 heteroatoms. The Hall–Kier alpha value is -5.66. The molecule has 0 aliphatic heterocycles. The van der Waals surface area contributed by atoms with Crippen molar-refractivity contribution in [3.8, 4) is 33.4 Å². The Kier molecular flexibility index (Phi) is 4.30. The van der Waals surface area contributed by atoms with Gasteiger partial charge in [0, 0.05) is 10.8 Å². The molecule has 0 unspecified atom stereocenters. The first kappa shape index (κ1) is 19.5. The lowest BCUT2D eigenvalue weighted by Gasteiger charge is -2.18. The number of hydrogen-bond acceptors (Lipinski definition) is 1. The minimum atomic E-state index is -0.268. The summed E-state index contributed by atoms with van der Waals surface area (Å²) in [5, 5.41) is 6.52. The van der Waals surface area contributed by atoms with Crippen LogP contribution in [0.1, 0.15) is 13.8 Å². The quantitative estimate of drug-likeness (QED) is 0.194. The second kappa shape index (κ2) is 9.69. The van der Waals surface area contributed by atoms with Crippen LogP contribution in [0.25, 0.3) is 87.6 Å². The van der Waals surface area contributed by atoms with Gasteiger partial charge >= 0.3 is 0 Å². The van der Waals surface area contributed by atoms with E-state index in [1.165, 1.54) is 10.8 Å². The highest BCUT2D eigenvalue weighted by atomic mass is 16.3. The van der Waals surface area contributed by atoms with E-state index in [1.54, 1.807) is 6.92 Å². The van der Waals surface area contributed by atoms with Gasteiger partial charge in [0.2, 0.25) is 0 Å². The maximum atomic E-state index is 9.50. The normalized spacial score (nSPS) is 13.7. The second-order valence-electron chi connectivity index (χ2n) is 11.2. The number of rotatable bonds is 3. The predicted molar refractivity (Wildman–Crippen MR) is 187 cm³/mol. The van der Waals surface area contributed by atoms with Crippen molar-refractivity contribution in [3.63, 3.8) is 0 Å². The van der Waals surface area contributed by atoms with Gasteiger partial charge in [0.25, 0.3) is 0 Å². The number of benzene rings is 8. The molecule has 44 heavy (non-hydrogen) atoms. The van der Waals surface area contributed by atoms with Gasteiger partial charge in [-0.1, -0.05) is 127 Å². The SMILES string of the molecule is [2H]c1c([2H])c(C)c2c(oc3c([2H])c(-c4c5ccccc5c(-c5cccc(-c6cccc7ccccc67)c5)c5ccccc45)c([2H])c([2H])c32)c1[2H]. The summed E-state index contributed by atoms with van der Waals surface area (Å²) in [6.45, 7) is 1.66. The van der Waals surface area contributed by atoms with Crippen LogP contribution in [0.3, 0.4) is 0 Å². The van der Waals surface area contributed by atoms with Crippen LogP contribution in [-0.2, 0) is 0 Å². The summed E-state index contributed by atoms with van der Waals surface area (Å²) in [6.07, 6.45) is 0. The summed E-state index contributed by atoms with van der Waals surface area (Å²) in [5.41, 5.74) is 5.80. The van der Waals surface area contributed by atoms with E-state index in [1.807, 2.05) is 36.4 Å². The molecule has 0 N–H and O–H groups in total. The third-order valence-electron chi connectivity index (χ3n) is 8.69. The molecule has 0 bridgehead atoms. The maximum Gasteiger partial charge on any atom is 0.136 e. The van der Waals surface area contributed by atoms with E-state index < -0.39 is 0 Å². The predicted octanol–water partition coefficient (Wildman–Crippen LogP) is 12.4. The summed E-state index contributed by atoms with van der Waals surface area (Å²) in [6, 6.07) is 38.4. The van der Waals surface area contributed by atoms with Crippen LogP contribution in [0.2, 0.25) is 0 Å². The van der Waals surface area contributed by atoms with Gasteiger partial charge in [-0.15, -0.1) is 0 Å². The van der Waals surface area contributed by atoms with Crippen LogP contribution in [0.5, 0.6) is 0 Å². The van der Waals surface area contributed by atoms with Crippen molar-refractivity contribution in [1.82, 2.24) is 0 Å². The van der Waals surface area contributed by atoms with E-state index in [9.17, 15) is 4.11 Å². The summed E-state index contributed by atoms with van der Waals surface area (Å²) in [4.78, 5) is 0. The molecular weight excluding hydrogens is 532 g/mol. The Balaban J connectivity index is 1.37. The Morgan fingerprint density at radius 2 is 1.11 bits per heavy atom. The molecule has 0 amide bonds. The zero-order valence-electron chi connectivity index (χ0n) is 29.9. The van der Waals surface area contributed by atoms with E-state index in [2.05, 4.69) is 78.9 Å². The van der Waals surface area contributed by atoms with Crippen LogP contribution in [0.4, 0.5) is 0 Å². The van der Waals surface area contributed by atoms with Crippen LogP contribution in [0, 0.1) is 6.92 Å². The fourth-order valence-electron chi connectivity index (χ4n) is 6.75. The smallest absolute Gasteiger partial charge is 0.136 e. The first-order chi connectivity index (χ1) is 24.3. The molecule has 0 aliphatic carbocycles. The molecule has 1 nitrogen and oxygen atoms in total. The standard InChI is InChI=1S/C43H28O/c1-27-11-8-22-39-41(27)38-24-23-31(26-40(38)44-39)43-36-19-6-4-17-34(36)42(35-18-5-7-20-37(35)43)30-15-9-14-29(25-30)33-21-10-13-28-12-2-3-16-32(28)33/h2-26H,1H3/i8D,11D,22D,23D,24D,26D. The molecule has 206 valence electrons. The van der Waals surface area contributed by atoms with Gasteiger partial charge in [-0.05, 0) is 102 Å². The molecule has 9 aromatic rings. The number of hydrogen-bond donors (Lipinski definition) is 0. The van der Waals surface area contributed by atoms with Gasteiger partial charge < -0.3 is 4.42 Å². The van der Waals surface area contributed by atoms with E-state index in [4.69, 9.17) is 8.53 Å². The molecule has 9 rings (SSSR count). The maximum absolute atomic E-state index is 9.50. The zero-order chi connectivity index (χ0) is 34.4. The Morgan fingerprint density at radius 1 is 0.500 bits per heavy atom. The Labute approximate surface area is 264 Å². The van der Waals surface area contributed by atoms with Crippen molar-refractivity contribution in [3.05, 3.63) is 157 Å². The third-order valence-corrected chi connectivity index (χ3v) is 8.69. The third kappa shape index (κ3) is 3.73. The van der Waals surface area contributed by atoms with E-state index in [0.29, 0.717) is 16.5 Å². The van der Waals surface area contributed by atoms with Gasteiger partial charge in [-0.2, -0.15) is 0 Å². The zero-order valence-corrected chi connectivity index (χ0v) is 23.9. The van der Waals surface area contributed by atoms with Gasteiger partial charge in [0.1, 0.15) is 11.2 Å². The Morgan fingerprint density at radius 3 is 1.86 bits per heavy atom. The molecule has 0 aliphatic rings. The number of aryl methyl sites for hydroxylation is 1. The minimum Gasteiger partial charge on any atom is -0.456 e. The minimum absolute atomic E-state index is 0.0601. The summed E-state index contributed by atoms with van der Waals surface area (Å²) < 4.78 is 59.4. The summed E-state index contributed by atoms with van der Waals surface area (Å²) >= 11 is 0. The van der Waals surface area contributed by atoms with Crippen LogP contribution in [-0.4, -0.2) is 0 Å². The van der Waals surface area contributed by atoms with Crippen molar-refractivity contribution in [2.45, 2.75) is 6.92 Å². The van der Waals surface area contributed by atoms with Crippen molar-refractivity contribution in [1.29, 1.82) is 0 Å². The van der Waals surface area contributed by atoms with Gasteiger partial charge in [0.15, 0.2) is 0 Å².